The molecule has 0 aromatic heterocycles. The molecule has 0 radical (unpaired) electrons. The lowest BCUT2D eigenvalue weighted by Crippen LogP contribution is -2.60. The van der Waals surface area contributed by atoms with Crippen LogP contribution in [0.3, 0.4) is 0 Å². The average molecular weight is 661 g/mol. The van der Waals surface area contributed by atoms with E-state index in [4.69, 9.17) is 9.47 Å². The zero-order valence-electron chi connectivity index (χ0n) is 26.3. The summed E-state index contributed by atoms with van der Waals surface area (Å²) in [5.41, 5.74) is 3.16. The molecule has 2 fully saturated rings. The van der Waals surface area contributed by atoms with Crippen LogP contribution in [-0.4, -0.2) is 106 Å². The zero-order chi connectivity index (χ0) is 33.3. The fourth-order valence-electron chi connectivity index (χ4n) is 7.26. The van der Waals surface area contributed by atoms with Crippen LogP contribution in [0.25, 0.3) is 0 Å². The van der Waals surface area contributed by atoms with Gasteiger partial charge in [-0.3, -0.25) is 9.59 Å². The van der Waals surface area contributed by atoms with Crippen LogP contribution in [0.1, 0.15) is 36.5 Å². The molecule has 0 bridgehead atoms. The van der Waals surface area contributed by atoms with E-state index in [1.165, 1.54) is 0 Å². The van der Waals surface area contributed by atoms with E-state index >= 15 is 4.11 Å². The molecule has 0 aliphatic carbocycles. The minimum absolute atomic E-state index is 0.0609. The quantitative estimate of drug-likeness (QED) is 0.173. The Labute approximate surface area is 269 Å². The molecule has 2 aromatic carbocycles. The monoisotopic (exact) mass is 660 g/mol. The second-order valence-electron chi connectivity index (χ2n) is 13.3. The molecule has 13 heteroatoms. The first-order valence-corrected chi connectivity index (χ1v) is 18.8. The van der Waals surface area contributed by atoms with Crippen molar-refractivity contribution in [3.05, 3.63) is 65.2 Å². The van der Waals surface area contributed by atoms with Gasteiger partial charge in [-0.1, -0.05) is 43.3 Å². The number of nitrogens with one attached hydrogen (secondary N) is 1. The molecule has 0 unspecified atom stereocenters. The van der Waals surface area contributed by atoms with Crippen molar-refractivity contribution in [2.45, 2.75) is 107 Å². The van der Waals surface area contributed by atoms with E-state index in [0.717, 1.165) is 16.7 Å². The third-order valence-corrected chi connectivity index (χ3v) is 12.2. The van der Waals surface area contributed by atoms with E-state index in [2.05, 4.69) is 5.32 Å². The van der Waals surface area contributed by atoms with Gasteiger partial charge >= 0.3 is 0 Å². The van der Waals surface area contributed by atoms with Gasteiger partial charge < -0.3 is 49.3 Å². The van der Waals surface area contributed by atoms with Crippen LogP contribution in [0.15, 0.2) is 48.5 Å². The number of aryl methyl sites for hydroxylation is 1. The molecule has 3 aliphatic heterocycles. The molecule has 2 amide bonds. The van der Waals surface area contributed by atoms with Crippen molar-refractivity contribution in [2.75, 3.05) is 11.9 Å². The van der Waals surface area contributed by atoms with Crippen molar-refractivity contribution in [3.8, 4) is 0 Å². The number of fused-ring (bicyclic) bond motifs is 1. The number of aliphatic hydroxyl groups excluding tert-OH is 5. The van der Waals surface area contributed by atoms with Crippen LogP contribution >= 0.6 is 0 Å². The molecule has 0 spiro atoms. The van der Waals surface area contributed by atoms with E-state index in [1.54, 1.807) is 30.1 Å². The fraction of sp³-hybridized carbons (Fsp3) is 0.576. The van der Waals surface area contributed by atoms with Crippen LogP contribution in [0.5, 0.6) is 0 Å². The highest BCUT2D eigenvalue weighted by Gasteiger charge is 2.52. The van der Waals surface area contributed by atoms with Crippen molar-refractivity contribution in [2.24, 2.45) is 5.92 Å². The number of amides is 2. The molecule has 6 N–H and O–H groups in total. The van der Waals surface area contributed by atoms with Gasteiger partial charge in [-0.25, -0.2) is 0 Å². The van der Waals surface area contributed by atoms with E-state index in [9.17, 15) is 35.1 Å². The Morgan fingerprint density at radius 1 is 0.957 bits per heavy atom. The highest BCUT2D eigenvalue weighted by atomic mass is 28.4. The normalized spacial score (nSPS) is 33.0. The van der Waals surface area contributed by atoms with Crippen molar-refractivity contribution < 1.29 is 48.7 Å². The standard InChI is InChI=1S/C33H45FN2O9Si/c1-18-24(13-10-19-8-11-22(12-9-19)35-32(42)30-28(40)27(39)29(41)33(43)45-30)44-25(31(18)46(2,3)34)15-26(38)36-16-21-7-5-4-6-20(21)14-23(36)17-37/h4-9,11-12,18,23-25,27-31,33,37,39-41,43H,10,13-17H2,1-3H3,(H,35,42)/t18-,23+,24+,25-,27+,28+,29-,30+,31+,33-/m1/s1. The van der Waals surface area contributed by atoms with Gasteiger partial charge in [-0.2, -0.15) is 0 Å². The largest absolute Gasteiger partial charge is 0.394 e. The van der Waals surface area contributed by atoms with Gasteiger partial charge in [0.05, 0.1) is 31.3 Å². The second-order valence-corrected chi connectivity index (χ2v) is 17.1. The lowest BCUT2D eigenvalue weighted by atomic mass is 9.93. The summed E-state index contributed by atoms with van der Waals surface area (Å²) in [6.07, 6.45) is -7.55. The number of carbonyl (C=O) groups is 2. The molecule has 252 valence electrons. The SMILES string of the molecule is C[C@H]1[C@H]([Si](C)(C)F)[C@@H](CC(=O)N2Cc3ccccc3C[C@H]2CO)O[C@H]1CCc1ccc(NC(=O)[C@H]2O[C@@H](O)[C@H](O)[C@@H](O)[C@@H]2O)cc1. The second kappa shape index (κ2) is 14.2. The summed E-state index contributed by atoms with van der Waals surface area (Å²) in [7, 11) is -3.21. The summed E-state index contributed by atoms with van der Waals surface area (Å²) in [4.78, 5) is 27.9. The average Bonchev–Trinajstić information content (AvgIpc) is 3.35. The molecule has 3 aliphatic rings. The summed E-state index contributed by atoms with van der Waals surface area (Å²) < 4.78 is 27.2. The number of hydrogen-bond donors (Lipinski definition) is 6. The lowest BCUT2D eigenvalue weighted by molar-refractivity contribution is -0.274. The van der Waals surface area contributed by atoms with Crippen molar-refractivity contribution >= 4 is 25.9 Å². The van der Waals surface area contributed by atoms with Gasteiger partial charge in [-0.15, -0.1) is 0 Å². The van der Waals surface area contributed by atoms with E-state index in [1.807, 2.05) is 43.3 Å². The molecule has 46 heavy (non-hydrogen) atoms. The number of ether oxygens (including phenoxy) is 2. The summed E-state index contributed by atoms with van der Waals surface area (Å²) in [5, 5.41) is 51.9. The highest BCUT2D eigenvalue weighted by molar-refractivity contribution is 6.72. The minimum atomic E-state index is -3.21. The third kappa shape index (κ3) is 7.36. The van der Waals surface area contributed by atoms with Gasteiger partial charge in [0.15, 0.2) is 12.4 Å². The third-order valence-electron chi connectivity index (χ3n) is 9.74. The number of halogens is 1. The van der Waals surface area contributed by atoms with Gasteiger partial charge in [0.2, 0.25) is 14.3 Å². The van der Waals surface area contributed by atoms with E-state index in [0.29, 0.717) is 31.5 Å². The van der Waals surface area contributed by atoms with Crippen LogP contribution in [0, 0.1) is 5.92 Å². The molecular weight excluding hydrogens is 615 g/mol. The summed E-state index contributed by atoms with van der Waals surface area (Å²) in [6, 6.07) is 14.5. The van der Waals surface area contributed by atoms with Gasteiger partial charge in [0.1, 0.15) is 18.3 Å². The maximum atomic E-state index is 15.7. The Balaban J connectivity index is 1.19. The topological polar surface area (TPSA) is 169 Å². The van der Waals surface area contributed by atoms with Gasteiger partial charge in [0, 0.05) is 17.8 Å². The number of carbonyl (C=O) groups excluding carboxylic acids is 2. The molecule has 0 saturated carbocycles. The summed E-state index contributed by atoms with van der Waals surface area (Å²) in [5.74, 6) is -1.02. The lowest BCUT2D eigenvalue weighted by Gasteiger charge is -2.37. The molecule has 2 saturated heterocycles. The highest BCUT2D eigenvalue weighted by Crippen LogP contribution is 2.47. The first kappa shape index (κ1) is 34.6. The molecule has 3 heterocycles. The maximum Gasteiger partial charge on any atom is 0.256 e. The fourth-order valence-corrected chi connectivity index (χ4v) is 9.81. The Hall–Kier alpha value is -2.75. The first-order valence-electron chi connectivity index (χ1n) is 15.9. The van der Waals surface area contributed by atoms with E-state index in [-0.39, 0.29) is 42.5 Å². The summed E-state index contributed by atoms with van der Waals surface area (Å²) >= 11 is 0. The molecular formula is C33H45FN2O9Si. The number of nitrogens with zero attached hydrogens (tertiary/aromatic N) is 1. The molecule has 2 aromatic rings. The van der Waals surface area contributed by atoms with Crippen molar-refractivity contribution in [3.63, 3.8) is 0 Å². The maximum absolute atomic E-state index is 15.7. The van der Waals surface area contributed by atoms with Crippen molar-refractivity contribution in [1.29, 1.82) is 0 Å². The Morgan fingerprint density at radius 2 is 1.63 bits per heavy atom. The van der Waals surface area contributed by atoms with Crippen LogP contribution in [-0.2, 0) is 38.4 Å². The minimum Gasteiger partial charge on any atom is -0.394 e. The predicted octanol–water partition coefficient (Wildman–Crippen LogP) is 1.64. The molecule has 10 atom stereocenters. The Kier molecular flexibility index (Phi) is 10.6. The predicted molar refractivity (Wildman–Crippen MR) is 169 cm³/mol. The zero-order valence-corrected chi connectivity index (χ0v) is 27.3. The molecule has 11 nitrogen and oxygen atoms in total. The number of aliphatic hydroxyl groups is 5. The smallest absolute Gasteiger partial charge is 0.256 e. The number of anilines is 1. The Bertz CT molecular complexity index is 1380. The molecule has 5 rings (SSSR count). The number of hydrogen-bond acceptors (Lipinski definition) is 9. The van der Waals surface area contributed by atoms with E-state index < -0.39 is 51.1 Å². The summed E-state index contributed by atoms with van der Waals surface area (Å²) in [6.45, 7) is 5.59. The van der Waals surface area contributed by atoms with Gasteiger partial charge in [-0.05, 0) is 67.1 Å². The van der Waals surface area contributed by atoms with Crippen LogP contribution < -0.4 is 5.32 Å². The number of benzene rings is 2. The number of rotatable bonds is 9. The first-order chi connectivity index (χ1) is 21.8. The van der Waals surface area contributed by atoms with Crippen LogP contribution in [0.4, 0.5) is 9.80 Å². The van der Waals surface area contributed by atoms with Crippen LogP contribution in [0.2, 0.25) is 18.6 Å². The Morgan fingerprint density at radius 3 is 2.28 bits per heavy atom. The van der Waals surface area contributed by atoms with Gasteiger partial charge in [0.25, 0.3) is 5.91 Å². The van der Waals surface area contributed by atoms with Crippen molar-refractivity contribution in [1.82, 2.24) is 4.90 Å².